The lowest BCUT2D eigenvalue weighted by Gasteiger charge is -2.42. The first-order valence-corrected chi connectivity index (χ1v) is 11.4. The van der Waals surface area contributed by atoms with Gasteiger partial charge in [-0.15, -0.1) is 0 Å². The Morgan fingerprint density at radius 2 is 1.81 bits per heavy atom. The van der Waals surface area contributed by atoms with E-state index in [2.05, 4.69) is 4.90 Å². The number of hydrogen-bond acceptors (Lipinski definition) is 4. The Labute approximate surface area is 157 Å². The Balaban J connectivity index is 1.41. The minimum atomic E-state index is -3.36. The second-order valence-corrected chi connectivity index (χ2v) is 10.2. The first-order chi connectivity index (χ1) is 12.6. The Morgan fingerprint density at radius 3 is 2.58 bits per heavy atom. The lowest BCUT2D eigenvalue weighted by atomic mass is 9.79. The molecule has 3 saturated heterocycles. The maximum absolute atomic E-state index is 13.0. The average molecular weight is 379 g/mol. The summed E-state index contributed by atoms with van der Waals surface area (Å²) in [6, 6.07) is 8.88. The lowest BCUT2D eigenvalue weighted by molar-refractivity contribution is 0.0327. The van der Waals surface area contributed by atoms with E-state index < -0.39 is 10.0 Å². The average Bonchev–Trinajstić information content (AvgIpc) is 3.07. The molecule has 0 amide bonds. The van der Waals surface area contributed by atoms with Crippen molar-refractivity contribution in [2.75, 3.05) is 45.9 Å². The van der Waals surface area contributed by atoms with Crippen molar-refractivity contribution in [3.8, 4) is 0 Å². The van der Waals surface area contributed by atoms with Crippen LogP contribution >= 0.6 is 0 Å². The van der Waals surface area contributed by atoms with Crippen molar-refractivity contribution >= 4 is 10.0 Å². The number of sulfonamides is 1. The number of likely N-dealkylation sites (tertiary alicyclic amines) is 1. The van der Waals surface area contributed by atoms with Crippen LogP contribution in [0.5, 0.6) is 0 Å². The molecule has 1 atom stereocenters. The van der Waals surface area contributed by atoms with Crippen molar-refractivity contribution in [3.63, 3.8) is 0 Å². The van der Waals surface area contributed by atoms with Gasteiger partial charge in [-0.05, 0) is 62.1 Å². The monoisotopic (exact) mass is 378 g/mol. The van der Waals surface area contributed by atoms with Crippen LogP contribution in [0.2, 0.25) is 0 Å². The van der Waals surface area contributed by atoms with E-state index in [1.807, 2.05) is 6.07 Å². The van der Waals surface area contributed by atoms with E-state index in [9.17, 15) is 8.42 Å². The van der Waals surface area contributed by atoms with Crippen molar-refractivity contribution in [2.24, 2.45) is 11.3 Å². The van der Waals surface area contributed by atoms with Crippen LogP contribution in [0.25, 0.3) is 0 Å². The van der Waals surface area contributed by atoms with E-state index in [1.165, 1.54) is 6.42 Å². The molecular weight excluding hydrogens is 348 g/mol. The molecule has 1 aromatic carbocycles. The van der Waals surface area contributed by atoms with Gasteiger partial charge in [0.1, 0.15) is 0 Å². The fourth-order valence-corrected chi connectivity index (χ4v) is 6.51. The van der Waals surface area contributed by atoms with E-state index in [1.54, 1.807) is 28.6 Å². The Morgan fingerprint density at radius 1 is 1.04 bits per heavy atom. The van der Waals surface area contributed by atoms with E-state index in [4.69, 9.17) is 4.74 Å². The van der Waals surface area contributed by atoms with Gasteiger partial charge in [-0.3, -0.25) is 0 Å². The van der Waals surface area contributed by atoms with Gasteiger partial charge in [0, 0.05) is 39.4 Å². The van der Waals surface area contributed by atoms with Crippen LogP contribution in [-0.2, 0) is 14.8 Å². The van der Waals surface area contributed by atoms with Gasteiger partial charge in [0.05, 0.1) is 4.90 Å². The van der Waals surface area contributed by atoms with Gasteiger partial charge in [-0.1, -0.05) is 18.2 Å². The van der Waals surface area contributed by atoms with E-state index in [0.717, 1.165) is 64.4 Å². The molecule has 0 saturated carbocycles. The molecule has 0 aliphatic carbocycles. The zero-order valence-electron chi connectivity index (χ0n) is 15.5. The molecule has 6 heteroatoms. The van der Waals surface area contributed by atoms with Crippen molar-refractivity contribution in [1.29, 1.82) is 0 Å². The zero-order valence-corrected chi connectivity index (χ0v) is 16.3. The predicted octanol–water partition coefficient (Wildman–Crippen LogP) is 2.59. The molecule has 3 aliphatic rings. The third kappa shape index (κ3) is 3.84. The van der Waals surface area contributed by atoms with Crippen LogP contribution in [0.15, 0.2) is 35.2 Å². The molecule has 26 heavy (non-hydrogen) atoms. The Hall–Kier alpha value is -0.950. The summed E-state index contributed by atoms with van der Waals surface area (Å²) in [7, 11) is -3.36. The van der Waals surface area contributed by atoms with E-state index in [0.29, 0.717) is 18.0 Å². The van der Waals surface area contributed by atoms with Crippen LogP contribution in [0, 0.1) is 11.3 Å². The number of rotatable bonds is 4. The van der Waals surface area contributed by atoms with Gasteiger partial charge >= 0.3 is 0 Å². The van der Waals surface area contributed by atoms with Gasteiger partial charge < -0.3 is 9.64 Å². The molecule has 0 bridgehead atoms. The van der Waals surface area contributed by atoms with Crippen LogP contribution in [0.1, 0.15) is 32.1 Å². The van der Waals surface area contributed by atoms with Crippen molar-refractivity contribution < 1.29 is 13.2 Å². The number of ether oxygens (including phenoxy) is 1. The third-order valence-corrected chi connectivity index (χ3v) is 8.24. The van der Waals surface area contributed by atoms with Crippen LogP contribution in [0.4, 0.5) is 0 Å². The molecule has 0 N–H and O–H groups in total. The molecular formula is C20H30N2O3S. The zero-order chi connectivity index (χ0) is 18.0. The highest BCUT2D eigenvalue weighted by Crippen LogP contribution is 2.41. The summed E-state index contributed by atoms with van der Waals surface area (Å²) in [5.74, 6) is 0.740. The van der Waals surface area contributed by atoms with Crippen LogP contribution in [-0.4, -0.2) is 63.6 Å². The fraction of sp³-hybridized carbons (Fsp3) is 0.700. The fourth-order valence-electron chi connectivity index (χ4n) is 4.93. The Kier molecular flexibility index (Phi) is 5.37. The summed E-state index contributed by atoms with van der Waals surface area (Å²) in [5.41, 5.74) is 0.144. The highest BCUT2D eigenvalue weighted by Gasteiger charge is 2.45. The molecule has 0 aromatic heterocycles. The minimum absolute atomic E-state index is 0.144. The maximum Gasteiger partial charge on any atom is 0.243 e. The van der Waals surface area contributed by atoms with Gasteiger partial charge in [0.15, 0.2) is 0 Å². The molecule has 1 aromatic rings. The summed E-state index contributed by atoms with van der Waals surface area (Å²) < 4.78 is 33.1. The topological polar surface area (TPSA) is 49.9 Å². The SMILES string of the molecule is O=S(=O)(c1ccccc1)N1CC[C@@]2(CCCN(CC3CCOCC3)C2)C1. The summed E-state index contributed by atoms with van der Waals surface area (Å²) >= 11 is 0. The van der Waals surface area contributed by atoms with Crippen molar-refractivity contribution in [1.82, 2.24) is 9.21 Å². The second-order valence-electron chi connectivity index (χ2n) is 8.30. The van der Waals surface area contributed by atoms with Gasteiger partial charge in [-0.2, -0.15) is 4.31 Å². The summed E-state index contributed by atoms with van der Waals surface area (Å²) in [4.78, 5) is 3.02. The number of hydrogen-bond donors (Lipinski definition) is 0. The molecule has 0 radical (unpaired) electrons. The molecule has 3 fully saturated rings. The van der Waals surface area contributed by atoms with E-state index >= 15 is 0 Å². The number of piperidine rings is 1. The lowest BCUT2D eigenvalue weighted by Crippen LogP contribution is -2.47. The first kappa shape index (κ1) is 18.4. The number of nitrogens with zero attached hydrogens (tertiary/aromatic N) is 2. The molecule has 0 unspecified atom stereocenters. The predicted molar refractivity (Wildman–Crippen MR) is 101 cm³/mol. The van der Waals surface area contributed by atoms with Gasteiger partial charge in [-0.25, -0.2) is 8.42 Å². The number of benzene rings is 1. The van der Waals surface area contributed by atoms with Crippen molar-refractivity contribution in [3.05, 3.63) is 30.3 Å². The standard InChI is InChI=1S/C20H30N2O3S/c23-26(24,19-5-2-1-3-6-19)22-12-10-20(17-22)9-4-11-21(16-20)15-18-7-13-25-14-8-18/h1-3,5-6,18H,4,7-17H2/t20-/m1/s1. The molecule has 5 nitrogen and oxygen atoms in total. The van der Waals surface area contributed by atoms with Gasteiger partial charge in [0.25, 0.3) is 0 Å². The maximum atomic E-state index is 13.0. The summed E-state index contributed by atoms with van der Waals surface area (Å²) in [6.45, 7) is 6.47. The van der Waals surface area contributed by atoms with Crippen molar-refractivity contribution in [2.45, 2.75) is 37.0 Å². The summed E-state index contributed by atoms with van der Waals surface area (Å²) in [5, 5.41) is 0. The Bertz CT molecular complexity index is 703. The van der Waals surface area contributed by atoms with Crippen LogP contribution in [0.3, 0.4) is 0 Å². The van der Waals surface area contributed by atoms with E-state index in [-0.39, 0.29) is 5.41 Å². The van der Waals surface area contributed by atoms with Crippen LogP contribution < -0.4 is 0 Å². The largest absolute Gasteiger partial charge is 0.381 e. The van der Waals surface area contributed by atoms with Gasteiger partial charge in [0.2, 0.25) is 10.0 Å². The second kappa shape index (κ2) is 7.58. The molecule has 144 valence electrons. The molecule has 3 heterocycles. The quantitative estimate of drug-likeness (QED) is 0.808. The summed E-state index contributed by atoms with van der Waals surface area (Å²) in [6.07, 6.45) is 5.65. The minimum Gasteiger partial charge on any atom is -0.381 e. The highest BCUT2D eigenvalue weighted by atomic mass is 32.2. The smallest absolute Gasteiger partial charge is 0.243 e. The normalized spacial score (nSPS) is 29.4. The third-order valence-electron chi connectivity index (χ3n) is 6.38. The molecule has 1 spiro atoms. The molecule has 4 rings (SSSR count). The molecule has 3 aliphatic heterocycles. The first-order valence-electron chi connectivity index (χ1n) is 9.93. The highest BCUT2D eigenvalue weighted by molar-refractivity contribution is 7.89.